The van der Waals surface area contributed by atoms with Gasteiger partial charge < -0.3 is 0 Å². The zero-order valence-electron chi connectivity index (χ0n) is 7.21. The molecule has 1 aromatic carbocycles. The van der Waals surface area contributed by atoms with Crippen molar-refractivity contribution in [2.24, 2.45) is 5.14 Å². The number of hydrogen-bond acceptors (Lipinski definition) is 2. The van der Waals surface area contributed by atoms with E-state index >= 15 is 0 Å². The molecule has 0 amide bonds. The Morgan fingerprint density at radius 1 is 1.29 bits per heavy atom. The largest absolute Gasteiger partial charge is 0.296 e. The molecule has 0 saturated heterocycles. The molecule has 3 N–H and O–H groups in total. The molecule has 14 heavy (non-hydrogen) atoms. The Morgan fingerprint density at radius 2 is 1.86 bits per heavy atom. The fourth-order valence-electron chi connectivity index (χ4n) is 0.889. The summed E-state index contributed by atoms with van der Waals surface area (Å²) in [5, 5.41) is 4.63. The van der Waals surface area contributed by atoms with Gasteiger partial charge in [0.2, 0.25) is 0 Å². The van der Waals surface area contributed by atoms with Crippen LogP contribution in [0.2, 0.25) is 0 Å². The predicted octanol–water partition coefficient (Wildman–Crippen LogP) is 0.889. The summed E-state index contributed by atoms with van der Waals surface area (Å²) in [7, 11) is -4.04. The van der Waals surface area contributed by atoms with Gasteiger partial charge in [-0.1, -0.05) is 0 Å². The van der Waals surface area contributed by atoms with E-state index in [1.54, 1.807) is 4.72 Å². The van der Waals surface area contributed by atoms with Crippen molar-refractivity contribution in [2.45, 2.75) is 6.92 Å². The summed E-state index contributed by atoms with van der Waals surface area (Å²) in [4.78, 5) is 0. The first-order valence-electron chi connectivity index (χ1n) is 3.56. The van der Waals surface area contributed by atoms with Gasteiger partial charge in [-0.25, -0.2) is 13.9 Å². The molecule has 0 aliphatic carbocycles. The first kappa shape index (κ1) is 10.9. The van der Waals surface area contributed by atoms with Crippen LogP contribution >= 0.6 is 0 Å². The summed E-state index contributed by atoms with van der Waals surface area (Å²) < 4.78 is 48.5. The Bertz CT molecular complexity index is 459. The fourth-order valence-corrected chi connectivity index (χ4v) is 1.35. The first-order valence-corrected chi connectivity index (χ1v) is 5.10. The molecule has 0 spiro atoms. The molecule has 0 aromatic heterocycles. The highest BCUT2D eigenvalue weighted by Crippen LogP contribution is 2.19. The number of anilines is 1. The van der Waals surface area contributed by atoms with Crippen LogP contribution in [0.4, 0.5) is 14.5 Å². The van der Waals surface area contributed by atoms with E-state index in [1.807, 2.05) is 0 Å². The number of hydrogen-bond donors (Lipinski definition) is 2. The van der Waals surface area contributed by atoms with Gasteiger partial charge in [0, 0.05) is 6.07 Å². The highest BCUT2D eigenvalue weighted by atomic mass is 32.2. The molecule has 1 rings (SSSR count). The van der Waals surface area contributed by atoms with E-state index in [0.717, 1.165) is 6.07 Å². The lowest BCUT2D eigenvalue weighted by Gasteiger charge is -2.06. The van der Waals surface area contributed by atoms with Crippen LogP contribution in [0.25, 0.3) is 0 Å². The Balaban J connectivity index is 3.17. The number of halogens is 2. The molecule has 0 heterocycles. The molecule has 0 unspecified atom stereocenters. The molecule has 0 fully saturated rings. The smallest absolute Gasteiger partial charge is 0.268 e. The van der Waals surface area contributed by atoms with Gasteiger partial charge in [-0.2, -0.15) is 8.42 Å². The quantitative estimate of drug-likeness (QED) is 0.779. The Morgan fingerprint density at radius 3 is 2.36 bits per heavy atom. The van der Waals surface area contributed by atoms with E-state index in [-0.39, 0.29) is 11.3 Å². The van der Waals surface area contributed by atoms with Gasteiger partial charge >= 0.3 is 0 Å². The summed E-state index contributed by atoms with van der Waals surface area (Å²) in [5.74, 6) is -1.76. The van der Waals surface area contributed by atoms with Crippen molar-refractivity contribution < 1.29 is 17.2 Å². The average molecular weight is 222 g/mol. The van der Waals surface area contributed by atoms with E-state index < -0.39 is 21.8 Å². The van der Waals surface area contributed by atoms with Crippen LogP contribution in [-0.2, 0) is 10.2 Å². The molecule has 78 valence electrons. The van der Waals surface area contributed by atoms with E-state index in [4.69, 9.17) is 0 Å². The van der Waals surface area contributed by atoms with Crippen LogP contribution in [0, 0.1) is 18.6 Å². The molecule has 7 heteroatoms. The minimum absolute atomic E-state index is 0.123. The van der Waals surface area contributed by atoms with Crippen LogP contribution in [0.5, 0.6) is 0 Å². The highest BCUT2D eigenvalue weighted by Gasteiger charge is 2.10. The molecule has 1 aromatic rings. The molecule has 0 aliphatic heterocycles. The summed E-state index contributed by atoms with van der Waals surface area (Å²) in [6.45, 7) is 1.38. The molecule has 0 bridgehead atoms. The number of rotatable bonds is 2. The Labute approximate surface area is 79.9 Å². The molecule has 0 atom stereocenters. The van der Waals surface area contributed by atoms with Gasteiger partial charge in [0.25, 0.3) is 10.2 Å². The van der Waals surface area contributed by atoms with E-state index in [2.05, 4.69) is 5.14 Å². The van der Waals surface area contributed by atoms with Crippen molar-refractivity contribution in [1.29, 1.82) is 0 Å². The topological polar surface area (TPSA) is 72.2 Å². The van der Waals surface area contributed by atoms with Crippen molar-refractivity contribution >= 4 is 15.9 Å². The second kappa shape index (κ2) is 3.50. The minimum atomic E-state index is -4.04. The monoisotopic (exact) mass is 222 g/mol. The lowest BCUT2D eigenvalue weighted by molar-refractivity contribution is 0.578. The standard InChI is InChI=1S/C7H8F2N2O2S/c1-4-2-7(11-14(10,12)13)6(9)3-5(4)8/h2-3,11H,1H3,(H2,10,12,13). The zero-order valence-corrected chi connectivity index (χ0v) is 8.03. The normalized spacial score (nSPS) is 11.4. The van der Waals surface area contributed by atoms with Crippen molar-refractivity contribution in [3.8, 4) is 0 Å². The van der Waals surface area contributed by atoms with E-state index in [9.17, 15) is 17.2 Å². The van der Waals surface area contributed by atoms with Crippen LogP contribution < -0.4 is 9.86 Å². The van der Waals surface area contributed by atoms with Crippen LogP contribution in [-0.4, -0.2) is 8.42 Å². The summed E-state index contributed by atoms with van der Waals surface area (Å²) >= 11 is 0. The average Bonchev–Trinajstić information content (AvgIpc) is 1.97. The van der Waals surface area contributed by atoms with Crippen molar-refractivity contribution in [3.05, 3.63) is 29.3 Å². The van der Waals surface area contributed by atoms with Crippen LogP contribution in [0.1, 0.15) is 5.56 Å². The van der Waals surface area contributed by atoms with Gasteiger partial charge in [-0.3, -0.25) is 4.72 Å². The predicted molar refractivity (Wildman–Crippen MR) is 47.8 cm³/mol. The van der Waals surface area contributed by atoms with Crippen molar-refractivity contribution in [1.82, 2.24) is 0 Å². The van der Waals surface area contributed by atoms with Gasteiger partial charge in [0.1, 0.15) is 11.6 Å². The molecule has 4 nitrogen and oxygen atoms in total. The molecule has 0 saturated carbocycles. The summed E-state index contributed by atoms with van der Waals surface area (Å²) in [6, 6.07) is 1.61. The first-order chi connectivity index (χ1) is 6.29. The summed E-state index contributed by atoms with van der Waals surface area (Å²) in [5.41, 5.74) is -0.246. The summed E-state index contributed by atoms with van der Waals surface area (Å²) in [6.07, 6.45) is 0. The van der Waals surface area contributed by atoms with E-state index in [1.165, 1.54) is 6.92 Å². The second-order valence-electron chi connectivity index (χ2n) is 2.73. The lowest BCUT2D eigenvalue weighted by atomic mass is 10.2. The number of nitrogens with two attached hydrogens (primary N) is 1. The number of aryl methyl sites for hydroxylation is 1. The third-order valence-electron chi connectivity index (χ3n) is 1.50. The third-order valence-corrected chi connectivity index (χ3v) is 2.00. The molecule has 0 radical (unpaired) electrons. The van der Waals surface area contributed by atoms with Crippen molar-refractivity contribution in [3.63, 3.8) is 0 Å². The Hall–Kier alpha value is -1.21. The maximum Gasteiger partial charge on any atom is 0.296 e. The number of nitrogens with one attached hydrogen (secondary N) is 1. The van der Waals surface area contributed by atoms with Gasteiger partial charge in [0.15, 0.2) is 0 Å². The highest BCUT2D eigenvalue weighted by molar-refractivity contribution is 7.90. The van der Waals surface area contributed by atoms with Crippen molar-refractivity contribution in [2.75, 3.05) is 4.72 Å². The fraction of sp³-hybridized carbons (Fsp3) is 0.143. The van der Waals surface area contributed by atoms with Crippen LogP contribution in [0.3, 0.4) is 0 Å². The third kappa shape index (κ3) is 2.64. The minimum Gasteiger partial charge on any atom is -0.268 e. The molecular formula is C7H8F2N2O2S. The lowest BCUT2D eigenvalue weighted by Crippen LogP contribution is -2.22. The van der Waals surface area contributed by atoms with Gasteiger partial charge in [0.05, 0.1) is 5.69 Å². The second-order valence-corrected chi connectivity index (χ2v) is 4.02. The zero-order chi connectivity index (χ0) is 10.9. The Kier molecular flexibility index (Phi) is 2.72. The molecule has 0 aliphatic rings. The van der Waals surface area contributed by atoms with E-state index in [0.29, 0.717) is 6.07 Å². The maximum absolute atomic E-state index is 12.9. The maximum atomic E-state index is 12.9. The van der Waals surface area contributed by atoms with Gasteiger partial charge in [-0.05, 0) is 18.6 Å². The number of benzene rings is 1. The SMILES string of the molecule is Cc1cc(NS(N)(=O)=O)c(F)cc1F. The van der Waals surface area contributed by atoms with Gasteiger partial charge in [-0.15, -0.1) is 0 Å². The molecular weight excluding hydrogens is 214 g/mol. The van der Waals surface area contributed by atoms with Crippen LogP contribution in [0.15, 0.2) is 12.1 Å².